The maximum atomic E-state index is 5.71. The highest BCUT2D eigenvalue weighted by atomic mass is 15.2. The molecule has 5 nitrogen and oxygen atoms in total. The van der Waals surface area contributed by atoms with Crippen LogP contribution in [0.25, 0.3) is 0 Å². The van der Waals surface area contributed by atoms with Gasteiger partial charge in [0.05, 0.1) is 0 Å². The van der Waals surface area contributed by atoms with Gasteiger partial charge in [-0.3, -0.25) is 4.90 Å². The van der Waals surface area contributed by atoms with Crippen molar-refractivity contribution in [2.45, 2.75) is 25.8 Å². The van der Waals surface area contributed by atoms with Gasteiger partial charge in [0.1, 0.15) is 0 Å². The Morgan fingerprint density at radius 3 is 2.75 bits per heavy atom. The Labute approximate surface area is 96.1 Å². The van der Waals surface area contributed by atoms with Crippen LogP contribution in [0, 0.1) is 0 Å². The smallest absolute Gasteiger partial charge is 0.168 e. The lowest BCUT2D eigenvalue weighted by Crippen LogP contribution is -2.35. The van der Waals surface area contributed by atoms with E-state index >= 15 is 0 Å². The summed E-state index contributed by atoms with van der Waals surface area (Å²) in [7, 11) is 0. The Balaban J connectivity index is 1.84. The largest absolute Gasteiger partial charge is 0.381 e. The molecule has 1 aromatic rings. The topological polar surface area (TPSA) is 67.1 Å². The first-order valence-electron chi connectivity index (χ1n) is 5.82. The van der Waals surface area contributed by atoms with Crippen LogP contribution in [0.5, 0.6) is 0 Å². The second-order valence-electron chi connectivity index (χ2n) is 4.26. The van der Waals surface area contributed by atoms with E-state index in [1.165, 1.54) is 25.9 Å². The molecule has 2 heterocycles. The van der Waals surface area contributed by atoms with E-state index in [1.54, 1.807) is 12.4 Å². The molecule has 3 N–H and O–H groups in total. The SMILES string of the molecule is CC(CNc1nccnc1N)N1CCCC1. The minimum atomic E-state index is 0.469. The molecule has 0 amide bonds. The molecule has 0 aliphatic carbocycles. The summed E-state index contributed by atoms with van der Waals surface area (Å²) in [5, 5.41) is 3.25. The van der Waals surface area contributed by atoms with E-state index in [-0.39, 0.29) is 0 Å². The maximum absolute atomic E-state index is 5.71. The standard InChI is InChI=1S/C11H19N5/c1-9(16-6-2-3-7-16)8-15-11-10(12)13-4-5-14-11/h4-5,9H,2-3,6-8H2,1H3,(H2,12,13)(H,14,15). The number of hydrogen-bond donors (Lipinski definition) is 2. The van der Waals surface area contributed by atoms with Gasteiger partial charge in [0.15, 0.2) is 11.6 Å². The molecule has 0 radical (unpaired) electrons. The number of nitrogens with one attached hydrogen (secondary N) is 1. The summed E-state index contributed by atoms with van der Waals surface area (Å²) in [5.41, 5.74) is 5.71. The molecule has 16 heavy (non-hydrogen) atoms. The van der Waals surface area contributed by atoms with Gasteiger partial charge in [-0.2, -0.15) is 0 Å². The lowest BCUT2D eigenvalue weighted by atomic mass is 10.3. The van der Waals surface area contributed by atoms with Crippen molar-refractivity contribution in [2.75, 3.05) is 30.7 Å². The molecule has 1 unspecified atom stereocenters. The number of hydrogen-bond acceptors (Lipinski definition) is 5. The Hall–Kier alpha value is -1.36. The van der Waals surface area contributed by atoms with Crippen LogP contribution in [0.2, 0.25) is 0 Å². The van der Waals surface area contributed by atoms with Crippen LogP contribution in [-0.2, 0) is 0 Å². The van der Waals surface area contributed by atoms with Gasteiger partial charge in [0.25, 0.3) is 0 Å². The summed E-state index contributed by atoms with van der Waals surface area (Å²) < 4.78 is 0. The van der Waals surface area contributed by atoms with E-state index in [4.69, 9.17) is 5.73 Å². The molecule has 0 bridgehead atoms. The molecule has 1 aliphatic heterocycles. The van der Waals surface area contributed by atoms with Crippen LogP contribution >= 0.6 is 0 Å². The average Bonchev–Trinajstić information content (AvgIpc) is 2.81. The van der Waals surface area contributed by atoms with E-state index in [0.29, 0.717) is 17.7 Å². The van der Waals surface area contributed by atoms with Crippen molar-refractivity contribution in [3.05, 3.63) is 12.4 Å². The number of aromatic nitrogens is 2. The van der Waals surface area contributed by atoms with Gasteiger partial charge in [-0.05, 0) is 32.9 Å². The predicted molar refractivity (Wildman–Crippen MR) is 65.2 cm³/mol. The Bertz CT molecular complexity index is 335. The number of nitrogen functional groups attached to an aromatic ring is 1. The summed E-state index contributed by atoms with van der Waals surface area (Å²) in [4.78, 5) is 10.6. The lowest BCUT2D eigenvalue weighted by molar-refractivity contribution is 0.269. The third-order valence-corrected chi connectivity index (χ3v) is 3.06. The van der Waals surface area contributed by atoms with Crippen LogP contribution in [-0.4, -0.2) is 40.5 Å². The summed E-state index contributed by atoms with van der Waals surface area (Å²) in [6.45, 7) is 5.51. The number of nitrogens with two attached hydrogens (primary N) is 1. The van der Waals surface area contributed by atoms with E-state index < -0.39 is 0 Å². The summed E-state index contributed by atoms with van der Waals surface area (Å²) >= 11 is 0. The molecule has 0 saturated carbocycles. The van der Waals surface area contributed by atoms with Crippen LogP contribution in [0.15, 0.2) is 12.4 Å². The van der Waals surface area contributed by atoms with Gasteiger partial charge in [0, 0.05) is 25.0 Å². The third-order valence-electron chi connectivity index (χ3n) is 3.06. The maximum Gasteiger partial charge on any atom is 0.168 e. The molecule has 1 fully saturated rings. The van der Waals surface area contributed by atoms with Gasteiger partial charge < -0.3 is 11.1 Å². The Morgan fingerprint density at radius 1 is 1.38 bits per heavy atom. The highest BCUT2D eigenvalue weighted by Crippen LogP contribution is 2.13. The number of anilines is 2. The van der Waals surface area contributed by atoms with Gasteiger partial charge in [-0.15, -0.1) is 0 Å². The predicted octanol–water partition coefficient (Wildman–Crippen LogP) is 0.955. The zero-order valence-electron chi connectivity index (χ0n) is 9.69. The van der Waals surface area contributed by atoms with Crippen molar-refractivity contribution >= 4 is 11.6 Å². The molecule has 1 aromatic heterocycles. The molecule has 1 aliphatic rings. The fourth-order valence-corrected chi connectivity index (χ4v) is 2.04. The molecule has 2 rings (SSSR count). The fourth-order valence-electron chi connectivity index (χ4n) is 2.04. The fraction of sp³-hybridized carbons (Fsp3) is 0.636. The van der Waals surface area contributed by atoms with Crippen LogP contribution < -0.4 is 11.1 Å². The monoisotopic (exact) mass is 221 g/mol. The van der Waals surface area contributed by atoms with Gasteiger partial charge in [-0.25, -0.2) is 9.97 Å². The number of rotatable bonds is 4. The van der Waals surface area contributed by atoms with E-state index in [9.17, 15) is 0 Å². The average molecular weight is 221 g/mol. The summed E-state index contributed by atoms with van der Waals surface area (Å²) in [5.74, 6) is 1.16. The van der Waals surface area contributed by atoms with Gasteiger partial charge >= 0.3 is 0 Å². The van der Waals surface area contributed by atoms with E-state index in [0.717, 1.165) is 6.54 Å². The van der Waals surface area contributed by atoms with Gasteiger partial charge in [0.2, 0.25) is 0 Å². The second kappa shape index (κ2) is 5.12. The highest BCUT2D eigenvalue weighted by molar-refractivity contribution is 5.54. The van der Waals surface area contributed by atoms with Crippen LogP contribution in [0.1, 0.15) is 19.8 Å². The van der Waals surface area contributed by atoms with Crippen molar-refractivity contribution in [3.8, 4) is 0 Å². The minimum Gasteiger partial charge on any atom is -0.381 e. The molecular weight excluding hydrogens is 202 g/mol. The zero-order chi connectivity index (χ0) is 11.4. The van der Waals surface area contributed by atoms with Gasteiger partial charge in [-0.1, -0.05) is 0 Å². The second-order valence-corrected chi connectivity index (χ2v) is 4.26. The normalized spacial score (nSPS) is 18.6. The third kappa shape index (κ3) is 2.61. The first-order chi connectivity index (χ1) is 7.77. The highest BCUT2D eigenvalue weighted by Gasteiger charge is 2.17. The molecule has 88 valence electrons. The minimum absolute atomic E-state index is 0.469. The van der Waals surface area contributed by atoms with Crippen molar-refractivity contribution < 1.29 is 0 Å². The molecule has 0 spiro atoms. The quantitative estimate of drug-likeness (QED) is 0.792. The Kier molecular flexibility index (Phi) is 3.56. The lowest BCUT2D eigenvalue weighted by Gasteiger charge is -2.24. The van der Waals surface area contributed by atoms with Crippen molar-refractivity contribution in [2.24, 2.45) is 0 Å². The van der Waals surface area contributed by atoms with E-state index in [2.05, 4.69) is 27.1 Å². The number of likely N-dealkylation sites (tertiary alicyclic amines) is 1. The van der Waals surface area contributed by atoms with Crippen molar-refractivity contribution in [1.29, 1.82) is 0 Å². The Morgan fingerprint density at radius 2 is 2.06 bits per heavy atom. The molecule has 1 saturated heterocycles. The van der Waals surface area contributed by atoms with Crippen molar-refractivity contribution in [3.63, 3.8) is 0 Å². The van der Waals surface area contributed by atoms with Crippen molar-refractivity contribution in [1.82, 2.24) is 14.9 Å². The first-order valence-corrected chi connectivity index (χ1v) is 5.82. The summed E-state index contributed by atoms with van der Waals surface area (Å²) in [6.07, 6.45) is 5.89. The van der Waals surface area contributed by atoms with Crippen LogP contribution in [0.3, 0.4) is 0 Å². The number of nitrogens with zero attached hydrogens (tertiary/aromatic N) is 3. The zero-order valence-corrected chi connectivity index (χ0v) is 9.69. The first kappa shape index (κ1) is 11.1. The molecular formula is C11H19N5. The molecule has 1 atom stereocenters. The van der Waals surface area contributed by atoms with E-state index in [1.807, 2.05) is 0 Å². The molecule has 0 aromatic carbocycles. The molecule has 5 heteroatoms. The summed E-state index contributed by atoms with van der Waals surface area (Å²) in [6, 6.07) is 0.518. The van der Waals surface area contributed by atoms with Crippen LogP contribution in [0.4, 0.5) is 11.6 Å².